The van der Waals surface area contributed by atoms with E-state index in [2.05, 4.69) is 13.8 Å². The SMILES string of the molecule is CC1CCC(C(=O)C(O)C2CC2)CC1C. The zero-order valence-electron chi connectivity index (χ0n) is 9.78. The van der Waals surface area contributed by atoms with Gasteiger partial charge in [0.25, 0.3) is 0 Å². The van der Waals surface area contributed by atoms with Gasteiger partial charge in [-0.3, -0.25) is 4.79 Å². The van der Waals surface area contributed by atoms with Gasteiger partial charge in [0.1, 0.15) is 6.10 Å². The highest BCUT2D eigenvalue weighted by Crippen LogP contribution is 2.38. The molecule has 2 saturated carbocycles. The molecule has 0 aromatic rings. The number of Topliss-reactive ketones (excluding diaryl/α,β-unsaturated/α-hetero) is 1. The first-order chi connectivity index (χ1) is 7.09. The molecule has 4 unspecified atom stereocenters. The van der Waals surface area contributed by atoms with Gasteiger partial charge in [0, 0.05) is 5.92 Å². The fourth-order valence-corrected chi connectivity index (χ4v) is 2.69. The fourth-order valence-electron chi connectivity index (χ4n) is 2.69. The van der Waals surface area contributed by atoms with Crippen molar-refractivity contribution in [2.75, 3.05) is 0 Å². The second-order valence-corrected chi connectivity index (χ2v) is 5.65. The van der Waals surface area contributed by atoms with Gasteiger partial charge in [-0.25, -0.2) is 0 Å². The summed E-state index contributed by atoms with van der Waals surface area (Å²) in [7, 11) is 0. The maximum absolute atomic E-state index is 12.0. The molecule has 2 aliphatic rings. The molecule has 2 fully saturated rings. The monoisotopic (exact) mass is 210 g/mol. The first-order valence-corrected chi connectivity index (χ1v) is 6.31. The lowest BCUT2D eigenvalue weighted by Crippen LogP contribution is -2.34. The minimum absolute atomic E-state index is 0.135. The molecule has 0 spiro atoms. The Balaban J connectivity index is 1.90. The van der Waals surface area contributed by atoms with Crippen LogP contribution in [0.2, 0.25) is 0 Å². The summed E-state index contributed by atoms with van der Waals surface area (Å²) < 4.78 is 0. The second-order valence-electron chi connectivity index (χ2n) is 5.65. The number of aliphatic hydroxyl groups is 1. The Morgan fingerprint density at radius 3 is 2.33 bits per heavy atom. The highest BCUT2D eigenvalue weighted by Gasteiger charge is 2.39. The maximum atomic E-state index is 12.0. The second kappa shape index (κ2) is 4.25. The Labute approximate surface area is 92.1 Å². The lowest BCUT2D eigenvalue weighted by atomic mass is 9.73. The minimum atomic E-state index is -0.643. The summed E-state index contributed by atoms with van der Waals surface area (Å²) in [5, 5.41) is 9.81. The third-order valence-electron chi connectivity index (χ3n) is 4.36. The van der Waals surface area contributed by atoms with Gasteiger partial charge in [0.2, 0.25) is 0 Å². The van der Waals surface area contributed by atoms with E-state index in [1.807, 2.05) is 0 Å². The summed E-state index contributed by atoms with van der Waals surface area (Å²) >= 11 is 0. The molecule has 0 aromatic heterocycles. The Kier molecular flexibility index (Phi) is 3.15. The van der Waals surface area contributed by atoms with Crippen LogP contribution in [0.25, 0.3) is 0 Å². The van der Waals surface area contributed by atoms with E-state index in [4.69, 9.17) is 0 Å². The normalized spacial score (nSPS) is 38.7. The zero-order chi connectivity index (χ0) is 11.0. The van der Waals surface area contributed by atoms with Gasteiger partial charge in [0.05, 0.1) is 0 Å². The number of carbonyl (C=O) groups excluding carboxylic acids is 1. The third kappa shape index (κ3) is 2.41. The molecule has 2 rings (SSSR count). The van der Waals surface area contributed by atoms with Gasteiger partial charge in [-0.05, 0) is 49.9 Å². The molecule has 1 N–H and O–H groups in total. The van der Waals surface area contributed by atoms with Crippen LogP contribution in [-0.4, -0.2) is 17.0 Å². The van der Waals surface area contributed by atoms with Crippen molar-refractivity contribution >= 4 is 5.78 Å². The lowest BCUT2D eigenvalue weighted by Gasteiger charge is -2.32. The predicted molar refractivity (Wildman–Crippen MR) is 59.4 cm³/mol. The van der Waals surface area contributed by atoms with Crippen molar-refractivity contribution in [3.8, 4) is 0 Å². The lowest BCUT2D eigenvalue weighted by molar-refractivity contribution is -0.134. The van der Waals surface area contributed by atoms with Crippen molar-refractivity contribution in [2.45, 2.75) is 52.1 Å². The molecule has 0 saturated heterocycles. The average molecular weight is 210 g/mol. The molecular weight excluding hydrogens is 188 g/mol. The molecule has 86 valence electrons. The van der Waals surface area contributed by atoms with E-state index in [9.17, 15) is 9.90 Å². The topological polar surface area (TPSA) is 37.3 Å². The molecule has 0 heterocycles. The van der Waals surface area contributed by atoms with E-state index in [1.54, 1.807) is 0 Å². The highest BCUT2D eigenvalue weighted by molar-refractivity contribution is 5.85. The molecule has 4 atom stereocenters. The number of rotatable bonds is 3. The largest absolute Gasteiger partial charge is 0.385 e. The maximum Gasteiger partial charge on any atom is 0.164 e. The van der Waals surface area contributed by atoms with E-state index in [0.717, 1.165) is 38.0 Å². The summed E-state index contributed by atoms with van der Waals surface area (Å²) in [4.78, 5) is 12.0. The minimum Gasteiger partial charge on any atom is -0.385 e. The van der Waals surface area contributed by atoms with Crippen LogP contribution in [0, 0.1) is 23.7 Å². The summed E-state index contributed by atoms with van der Waals surface area (Å²) in [5.74, 6) is 1.96. The Bertz CT molecular complexity index is 245. The van der Waals surface area contributed by atoms with Crippen molar-refractivity contribution in [2.24, 2.45) is 23.7 Å². The van der Waals surface area contributed by atoms with Crippen molar-refractivity contribution < 1.29 is 9.90 Å². The molecule has 2 aliphatic carbocycles. The molecule has 0 radical (unpaired) electrons. The van der Waals surface area contributed by atoms with Crippen LogP contribution in [0.4, 0.5) is 0 Å². The van der Waals surface area contributed by atoms with Crippen LogP contribution in [0.5, 0.6) is 0 Å². The summed E-state index contributed by atoms with van der Waals surface area (Å²) in [6.45, 7) is 4.50. The molecule has 0 amide bonds. The molecule has 2 heteroatoms. The smallest absolute Gasteiger partial charge is 0.164 e. The van der Waals surface area contributed by atoms with Crippen LogP contribution >= 0.6 is 0 Å². The van der Waals surface area contributed by atoms with Gasteiger partial charge >= 0.3 is 0 Å². The molecule has 2 nitrogen and oxygen atoms in total. The van der Waals surface area contributed by atoms with Gasteiger partial charge in [-0.1, -0.05) is 13.8 Å². The number of ketones is 1. The number of hydrogen-bond donors (Lipinski definition) is 1. The third-order valence-corrected chi connectivity index (χ3v) is 4.36. The van der Waals surface area contributed by atoms with Gasteiger partial charge in [0.15, 0.2) is 5.78 Å². The predicted octanol–water partition coefficient (Wildman–Crippen LogP) is 2.40. The van der Waals surface area contributed by atoms with E-state index in [0.29, 0.717) is 11.8 Å². The van der Waals surface area contributed by atoms with Crippen LogP contribution in [0.3, 0.4) is 0 Å². The van der Waals surface area contributed by atoms with Crippen LogP contribution in [0.15, 0.2) is 0 Å². The molecule has 0 bridgehead atoms. The molecular formula is C13H22O2. The van der Waals surface area contributed by atoms with Crippen LogP contribution < -0.4 is 0 Å². The molecule has 15 heavy (non-hydrogen) atoms. The molecule has 0 aromatic carbocycles. The van der Waals surface area contributed by atoms with E-state index in [-0.39, 0.29) is 11.7 Å². The Morgan fingerprint density at radius 1 is 1.13 bits per heavy atom. The Morgan fingerprint density at radius 2 is 1.80 bits per heavy atom. The first kappa shape index (κ1) is 11.1. The molecule has 0 aliphatic heterocycles. The van der Waals surface area contributed by atoms with E-state index in [1.165, 1.54) is 0 Å². The number of aliphatic hydroxyl groups excluding tert-OH is 1. The van der Waals surface area contributed by atoms with E-state index >= 15 is 0 Å². The summed E-state index contributed by atoms with van der Waals surface area (Å²) in [6.07, 6.45) is 4.58. The summed E-state index contributed by atoms with van der Waals surface area (Å²) in [5.41, 5.74) is 0. The first-order valence-electron chi connectivity index (χ1n) is 6.31. The van der Waals surface area contributed by atoms with Gasteiger partial charge in [-0.15, -0.1) is 0 Å². The van der Waals surface area contributed by atoms with E-state index < -0.39 is 6.10 Å². The number of hydrogen-bond acceptors (Lipinski definition) is 2. The zero-order valence-corrected chi connectivity index (χ0v) is 9.78. The summed E-state index contributed by atoms with van der Waals surface area (Å²) in [6, 6.07) is 0. The number of carbonyl (C=O) groups is 1. The average Bonchev–Trinajstić information content (AvgIpc) is 3.03. The van der Waals surface area contributed by atoms with Crippen LogP contribution in [0.1, 0.15) is 46.0 Å². The van der Waals surface area contributed by atoms with Crippen molar-refractivity contribution in [1.82, 2.24) is 0 Å². The fraction of sp³-hybridized carbons (Fsp3) is 0.923. The Hall–Kier alpha value is -0.370. The highest BCUT2D eigenvalue weighted by atomic mass is 16.3. The standard InChI is InChI=1S/C13H22O2/c1-8-3-4-11(7-9(8)2)13(15)12(14)10-5-6-10/h8-12,14H,3-7H2,1-2H3. The van der Waals surface area contributed by atoms with Crippen molar-refractivity contribution in [3.63, 3.8) is 0 Å². The van der Waals surface area contributed by atoms with Crippen molar-refractivity contribution in [3.05, 3.63) is 0 Å². The quantitative estimate of drug-likeness (QED) is 0.776. The van der Waals surface area contributed by atoms with Crippen molar-refractivity contribution in [1.29, 1.82) is 0 Å². The van der Waals surface area contributed by atoms with Crippen LogP contribution in [-0.2, 0) is 4.79 Å². The van der Waals surface area contributed by atoms with Gasteiger partial charge < -0.3 is 5.11 Å². The van der Waals surface area contributed by atoms with Gasteiger partial charge in [-0.2, -0.15) is 0 Å².